The van der Waals surface area contributed by atoms with Crippen molar-refractivity contribution >= 4 is 36.9 Å². The number of para-hydroxylation sites is 1. The number of carbonyl (C=O) groups excluding carboxylic acids is 1. The molecule has 2 N–H and O–H groups in total. The number of halogens is 2. The van der Waals surface area contributed by atoms with Gasteiger partial charge in [0.1, 0.15) is 6.10 Å². The molecule has 10 heteroatoms. The Kier molecular flexibility index (Phi) is 12.0. The number of benzene rings is 1. The van der Waals surface area contributed by atoms with Crippen LogP contribution in [-0.2, 0) is 33.5 Å². The van der Waals surface area contributed by atoms with Crippen molar-refractivity contribution in [2.45, 2.75) is 83.5 Å². The van der Waals surface area contributed by atoms with Crippen molar-refractivity contribution in [1.29, 1.82) is 0 Å². The molecular weight excluding hydrogens is 505 g/mol. The quantitative estimate of drug-likeness (QED) is 0.240. The molecule has 200 valence electrons. The van der Waals surface area contributed by atoms with Crippen LogP contribution < -0.4 is 5.32 Å². The Morgan fingerprint density at radius 2 is 1.92 bits per heavy atom. The second-order valence-electron chi connectivity index (χ2n) is 9.36. The third kappa shape index (κ3) is 7.85. The summed E-state index contributed by atoms with van der Waals surface area (Å²) >= 11 is 0. The summed E-state index contributed by atoms with van der Waals surface area (Å²) in [6.45, 7) is 2.31. The second-order valence-corrected chi connectivity index (χ2v) is 9.36. The van der Waals surface area contributed by atoms with Crippen molar-refractivity contribution in [2.75, 3.05) is 6.54 Å². The zero-order chi connectivity index (χ0) is 23.9. The number of aryl methyl sites for hydroxylation is 1. The number of hydrogen-bond donors (Lipinski definition) is 2. The number of nitrogens with zero attached hydrogens (tertiary/aromatic N) is 2. The van der Waals surface area contributed by atoms with Crippen molar-refractivity contribution in [3.05, 3.63) is 47.5 Å². The highest BCUT2D eigenvalue weighted by Gasteiger charge is 2.25. The van der Waals surface area contributed by atoms with E-state index in [1.807, 2.05) is 18.5 Å². The average Bonchev–Trinajstić information content (AvgIpc) is 3.24. The van der Waals surface area contributed by atoms with E-state index >= 15 is 0 Å². The molecule has 0 saturated heterocycles. The van der Waals surface area contributed by atoms with E-state index in [0.29, 0.717) is 25.8 Å². The zero-order valence-corrected chi connectivity index (χ0v) is 22.3. The molecule has 1 aliphatic heterocycles. The van der Waals surface area contributed by atoms with Gasteiger partial charge >= 0.3 is 12.1 Å². The molecule has 1 aromatic heterocycles. The first-order valence-corrected chi connectivity index (χ1v) is 12.5. The number of carboxylic acid groups (broad SMARTS) is 1. The first-order valence-electron chi connectivity index (χ1n) is 12.5. The van der Waals surface area contributed by atoms with E-state index in [1.54, 1.807) is 6.92 Å². The van der Waals surface area contributed by atoms with Crippen LogP contribution in [-0.4, -0.2) is 45.7 Å². The van der Waals surface area contributed by atoms with Gasteiger partial charge in [0.2, 0.25) is 0 Å². The Morgan fingerprint density at radius 1 is 1.17 bits per heavy atom. The summed E-state index contributed by atoms with van der Waals surface area (Å²) in [5.74, 6) is -1.32. The number of carboxylic acids is 1. The molecule has 1 aromatic carbocycles. The van der Waals surface area contributed by atoms with Crippen LogP contribution in [0, 0.1) is 5.92 Å². The number of rotatable bonds is 10. The fraction of sp³-hybridized carbons (Fsp3) is 0.577. The normalized spacial score (nSPS) is 16.4. The highest BCUT2D eigenvalue weighted by Crippen LogP contribution is 2.28. The lowest BCUT2D eigenvalue weighted by atomic mass is 9.94. The lowest BCUT2D eigenvalue weighted by Gasteiger charge is -2.23. The molecule has 1 aliphatic carbocycles. The first-order chi connectivity index (χ1) is 16.5. The third-order valence-electron chi connectivity index (χ3n) is 6.87. The number of ether oxygens (including phenoxy) is 2. The van der Waals surface area contributed by atoms with Gasteiger partial charge in [0, 0.05) is 17.8 Å². The summed E-state index contributed by atoms with van der Waals surface area (Å²) in [4.78, 5) is 28.4. The molecule has 0 spiro atoms. The molecule has 2 aliphatic rings. The number of aromatic nitrogens is 2. The summed E-state index contributed by atoms with van der Waals surface area (Å²) < 4.78 is 12.8. The lowest BCUT2D eigenvalue weighted by Crippen LogP contribution is -2.34. The number of aliphatic carboxylic acids is 1. The van der Waals surface area contributed by atoms with E-state index < -0.39 is 24.3 Å². The average molecular weight is 543 g/mol. The monoisotopic (exact) mass is 541 g/mol. The Morgan fingerprint density at radius 3 is 2.67 bits per heavy atom. The van der Waals surface area contributed by atoms with E-state index in [4.69, 9.17) is 9.47 Å². The molecule has 2 atom stereocenters. The number of hydrogen-bond acceptors (Lipinski definition) is 6. The third-order valence-corrected chi connectivity index (χ3v) is 6.87. The van der Waals surface area contributed by atoms with Crippen LogP contribution in [0.1, 0.15) is 68.8 Å². The van der Waals surface area contributed by atoms with Gasteiger partial charge in [-0.25, -0.2) is 9.78 Å². The van der Waals surface area contributed by atoms with Crippen LogP contribution in [0.2, 0.25) is 0 Å². The standard InChI is InChI=1S/C26H35N3O5.2ClH/c1-18(33-26(32)34-21-10-3-2-4-11-21)27-15-7-9-20(25(30)31)16-22-24-14-13-19-8-5-6-12-23(19)29(24)17-28-22;;/h5-6,8,12,17-18,20-21,27H,2-4,7,9-11,13-16H2,1H3,(H,30,31);2*1H/t18?,20-;;/m0../s1. The topological polar surface area (TPSA) is 103 Å². The van der Waals surface area contributed by atoms with Gasteiger partial charge in [-0.1, -0.05) is 24.6 Å². The first kappa shape index (κ1) is 29.9. The maximum Gasteiger partial charge on any atom is 0.510 e. The predicted molar refractivity (Wildman–Crippen MR) is 141 cm³/mol. The summed E-state index contributed by atoms with van der Waals surface area (Å²) in [6, 6.07) is 8.27. The van der Waals surface area contributed by atoms with Crippen molar-refractivity contribution in [3.63, 3.8) is 0 Å². The minimum Gasteiger partial charge on any atom is -0.481 e. The van der Waals surface area contributed by atoms with Gasteiger partial charge < -0.3 is 19.1 Å². The summed E-state index contributed by atoms with van der Waals surface area (Å²) in [5.41, 5.74) is 4.41. The Bertz CT molecular complexity index is 994. The number of imidazole rings is 1. The van der Waals surface area contributed by atoms with E-state index in [1.165, 1.54) is 12.0 Å². The Hall–Kier alpha value is -2.29. The van der Waals surface area contributed by atoms with E-state index in [9.17, 15) is 14.7 Å². The number of nitrogens with one attached hydrogen (secondary N) is 1. The van der Waals surface area contributed by atoms with Gasteiger partial charge in [-0.2, -0.15) is 0 Å². The number of carbonyl (C=O) groups is 2. The molecular formula is C26H37Cl2N3O5. The molecule has 36 heavy (non-hydrogen) atoms. The van der Waals surface area contributed by atoms with Crippen LogP contribution in [0.25, 0.3) is 5.69 Å². The fourth-order valence-corrected chi connectivity index (χ4v) is 5.00. The van der Waals surface area contributed by atoms with Gasteiger partial charge in [-0.15, -0.1) is 24.8 Å². The van der Waals surface area contributed by atoms with Crippen molar-refractivity contribution < 1.29 is 24.2 Å². The summed E-state index contributed by atoms with van der Waals surface area (Å²) in [7, 11) is 0. The Balaban J connectivity index is 0.00000228. The lowest BCUT2D eigenvalue weighted by molar-refractivity contribution is -0.142. The molecule has 0 bridgehead atoms. The van der Waals surface area contributed by atoms with Gasteiger partial charge in [-0.3, -0.25) is 10.1 Å². The highest BCUT2D eigenvalue weighted by molar-refractivity contribution is 5.85. The second kappa shape index (κ2) is 14.4. The van der Waals surface area contributed by atoms with E-state index in [2.05, 4.69) is 27.0 Å². The van der Waals surface area contributed by atoms with E-state index in [0.717, 1.165) is 55.6 Å². The molecule has 1 saturated carbocycles. The highest BCUT2D eigenvalue weighted by atomic mass is 35.5. The molecule has 4 rings (SSSR count). The Labute approximate surface area is 225 Å². The molecule has 2 heterocycles. The fourth-order valence-electron chi connectivity index (χ4n) is 5.00. The van der Waals surface area contributed by atoms with Crippen LogP contribution in [0.5, 0.6) is 0 Å². The maximum absolute atomic E-state index is 12.0. The SMILES string of the molecule is CC(NCCC[C@@H](Cc1ncn2c1CCc1ccccc1-2)C(=O)O)OC(=O)OC1CCCCC1.Cl.Cl. The summed E-state index contributed by atoms with van der Waals surface area (Å²) in [6.07, 6.45) is 9.23. The maximum atomic E-state index is 12.0. The van der Waals surface area contributed by atoms with Gasteiger partial charge in [0.15, 0.2) is 6.23 Å². The van der Waals surface area contributed by atoms with Crippen LogP contribution in [0.3, 0.4) is 0 Å². The molecule has 1 fully saturated rings. The zero-order valence-electron chi connectivity index (χ0n) is 20.7. The molecule has 1 unspecified atom stereocenters. The largest absolute Gasteiger partial charge is 0.510 e. The predicted octanol–water partition coefficient (Wildman–Crippen LogP) is 5.26. The number of fused-ring (bicyclic) bond motifs is 3. The van der Waals surface area contributed by atoms with Crippen molar-refractivity contribution in [1.82, 2.24) is 14.9 Å². The van der Waals surface area contributed by atoms with E-state index in [-0.39, 0.29) is 30.9 Å². The van der Waals surface area contributed by atoms with Crippen molar-refractivity contribution in [3.8, 4) is 5.69 Å². The molecule has 0 amide bonds. The minimum absolute atomic E-state index is 0. The summed E-state index contributed by atoms with van der Waals surface area (Å²) in [5, 5.41) is 12.9. The molecule has 0 radical (unpaired) electrons. The van der Waals surface area contributed by atoms with Gasteiger partial charge in [-0.05, 0) is 76.5 Å². The van der Waals surface area contributed by atoms with Crippen molar-refractivity contribution in [2.24, 2.45) is 5.92 Å². The van der Waals surface area contributed by atoms with Gasteiger partial charge in [0.05, 0.1) is 17.9 Å². The van der Waals surface area contributed by atoms with Crippen LogP contribution >= 0.6 is 24.8 Å². The van der Waals surface area contributed by atoms with Crippen LogP contribution in [0.4, 0.5) is 4.79 Å². The molecule has 8 nitrogen and oxygen atoms in total. The smallest absolute Gasteiger partial charge is 0.481 e. The molecule has 2 aromatic rings. The minimum atomic E-state index is -0.807. The van der Waals surface area contributed by atoms with Crippen LogP contribution in [0.15, 0.2) is 30.6 Å². The van der Waals surface area contributed by atoms with Gasteiger partial charge in [0.25, 0.3) is 0 Å².